The summed E-state index contributed by atoms with van der Waals surface area (Å²) in [5, 5.41) is 12.2. The van der Waals surface area contributed by atoms with E-state index in [0.717, 1.165) is 87.6 Å². The largest absolute Gasteiger partial charge is 0.368 e. The first kappa shape index (κ1) is 43.5. The van der Waals surface area contributed by atoms with Crippen LogP contribution in [0.4, 0.5) is 33.6 Å². The number of fused-ring (bicyclic) bond motifs is 1. The first-order valence-corrected chi connectivity index (χ1v) is 22.5. The second-order valence-electron chi connectivity index (χ2n) is 17.1. The Balaban J connectivity index is 0.658. The number of carbonyl (C=O) groups is 5. The number of imide groups is 1. The Labute approximate surface area is 382 Å². The number of hydrogen-bond donors (Lipinski definition) is 5. The predicted octanol–water partition coefficient (Wildman–Crippen LogP) is 3.90. The lowest BCUT2D eigenvalue weighted by Gasteiger charge is -2.47. The molecule has 6 N–H and O–H groups in total. The third kappa shape index (κ3) is 10.00. The fraction of sp³-hybridized carbons (Fsp3) is 0.383. The molecule has 1 atom stereocenters. The second-order valence-corrected chi connectivity index (χ2v) is 17.5. The van der Waals surface area contributed by atoms with Crippen LogP contribution in [-0.2, 0) is 16.1 Å². The van der Waals surface area contributed by atoms with Crippen LogP contribution in [0.15, 0.2) is 72.9 Å². The SMILES string of the molecule is NC(=O)c1ccccc1Nc1nc(Nc2ccc(N3CCN(C(=O)NC4CCN(C5CN(CCC#Cc6ccc7c(c6)CN(C6CCC(=O)NC6=O)C7=O)C5)CC4)CC3)cc2)ncc1Cl. The fourth-order valence-corrected chi connectivity index (χ4v) is 9.30. The number of nitrogens with two attached hydrogens (primary N) is 1. The van der Waals surface area contributed by atoms with E-state index in [0.29, 0.717) is 60.7 Å². The van der Waals surface area contributed by atoms with Crippen LogP contribution in [0, 0.1) is 11.8 Å². The number of piperazine rings is 1. The van der Waals surface area contributed by atoms with Crippen molar-refractivity contribution >= 4 is 70.1 Å². The Morgan fingerprint density at radius 2 is 1.68 bits per heavy atom. The summed E-state index contributed by atoms with van der Waals surface area (Å²) in [5.41, 5.74) is 10.5. The Hall–Kier alpha value is -6.74. The zero-order valence-electron chi connectivity index (χ0n) is 35.9. The van der Waals surface area contributed by atoms with Crippen molar-refractivity contribution in [2.45, 2.75) is 56.8 Å². The monoisotopic (exact) mass is 898 g/mol. The van der Waals surface area contributed by atoms with Gasteiger partial charge in [0.2, 0.25) is 17.8 Å². The Morgan fingerprint density at radius 1 is 0.908 bits per heavy atom. The molecule has 336 valence electrons. The average Bonchev–Trinajstić information content (AvgIpc) is 3.62. The average molecular weight is 899 g/mol. The lowest BCUT2D eigenvalue weighted by atomic mass is 9.99. The molecule has 6 heterocycles. The number of anilines is 5. The van der Waals surface area contributed by atoms with Crippen LogP contribution in [-0.4, -0.2) is 136 Å². The van der Waals surface area contributed by atoms with Crippen molar-refractivity contribution in [1.29, 1.82) is 0 Å². The molecule has 4 saturated heterocycles. The molecule has 0 aliphatic carbocycles. The third-order valence-corrected chi connectivity index (χ3v) is 13.1. The van der Waals surface area contributed by atoms with Gasteiger partial charge in [0.1, 0.15) is 11.1 Å². The summed E-state index contributed by atoms with van der Waals surface area (Å²) in [6, 6.07) is 20.5. The first-order valence-electron chi connectivity index (χ1n) is 22.1. The number of halogens is 1. The van der Waals surface area contributed by atoms with Crippen LogP contribution >= 0.6 is 11.6 Å². The molecular formula is C47H51ClN12O5. The normalized spacial score (nSPS) is 19.5. The number of nitrogens with one attached hydrogen (secondary N) is 4. The number of primary amides is 1. The van der Waals surface area contributed by atoms with E-state index in [1.165, 1.54) is 6.20 Å². The minimum Gasteiger partial charge on any atom is -0.368 e. The second kappa shape index (κ2) is 19.2. The van der Waals surface area contributed by atoms with E-state index < -0.39 is 17.9 Å². The third-order valence-electron chi connectivity index (χ3n) is 12.9. The van der Waals surface area contributed by atoms with Gasteiger partial charge in [-0.2, -0.15) is 4.98 Å². The van der Waals surface area contributed by atoms with Gasteiger partial charge in [-0.25, -0.2) is 9.78 Å². The standard InChI is InChI=1S/C47H51ClN12O5/c48-38-26-50-46(55-43(38)53-39-7-2-1-6-37(39)42(49)62)51-32-9-11-34(12-10-32)58-21-23-59(24-22-58)47(65)52-33-16-19-57(20-17-33)35-28-56(29-35)18-4-3-5-30-8-13-36-31(25-30)27-60(45(36)64)40-14-15-41(61)54-44(40)63/h1-2,6-13,25-26,33,35,40H,4,14-24,27-29H2,(H2,49,62)(H,52,65)(H,54,61,63)(H2,50,51,53,55). The van der Waals surface area contributed by atoms with Gasteiger partial charge in [0.15, 0.2) is 5.82 Å². The number of nitrogens with zero attached hydrogens (tertiary/aromatic N) is 7. The summed E-state index contributed by atoms with van der Waals surface area (Å²) in [4.78, 5) is 81.6. The van der Waals surface area contributed by atoms with Crippen molar-refractivity contribution < 1.29 is 24.0 Å². The molecule has 18 heteroatoms. The van der Waals surface area contributed by atoms with Crippen LogP contribution in [0.2, 0.25) is 5.02 Å². The lowest BCUT2D eigenvalue weighted by Crippen LogP contribution is -2.62. The molecule has 0 bridgehead atoms. The van der Waals surface area contributed by atoms with Gasteiger partial charge >= 0.3 is 6.03 Å². The lowest BCUT2D eigenvalue weighted by molar-refractivity contribution is -0.136. The molecule has 1 aromatic heterocycles. The van der Waals surface area contributed by atoms with E-state index in [9.17, 15) is 24.0 Å². The van der Waals surface area contributed by atoms with Crippen molar-refractivity contribution in [3.05, 3.63) is 100 Å². The zero-order chi connectivity index (χ0) is 45.0. The summed E-state index contributed by atoms with van der Waals surface area (Å²) in [7, 11) is 0. The van der Waals surface area contributed by atoms with Gasteiger partial charge in [-0.1, -0.05) is 35.6 Å². The van der Waals surface area contributed by atoms with Gasteiger partial charge in [-0.3, -0.25) is 34.3 Å². The molecular weight excluding hydrogens is 848 g/mol. The van der Waals surface area contributed by atoms with Crippen LogP contribution < -0.4 is 31.9 Å². The van der Waals surface area contributed by atoms with Gasteiger partial charge < -0.3 is 36.4 Å². The van der Waals surface area contributed by atoms with Gasteiger partial charge in [0.25, 0.3) is 11.8 Å². The maximum atomic E-state index is 13.3. The number of likely N-dealkylation sites (tertiary alicyclic amines) is 2. The van der Waals surface area contributed by atoms with Gasteiger partial charge in [0, 0.05) is 113 Å². The van der Waals surface area contributed by atoms with Crippen LogP contribution in [0.5, 0.6) is 0 Å². The van der Waals surface area contributed by atoms with Gasteiger partial charge in [0.05, 0.1) is 17.4 Å². The number of para-hydroxylation sites is 1. The summed E-state index contributed by atoms with van der Waals surface area (Å²) < 4.78 is 0. The van der Waals surface area contributed by atoms with E-state index in [1.54, 1.807) is 35.2 Å². The predicted molar refractivity (Wildman–Crippen MR) is 246 cm³/mol. The van der Waals surface area contributed by atoms with E-state index >= 15 is 0 Å². The number of amides is 6. The summed E-state index contributed by atoms with van der Waals surface area (Å²) in [6.45, 7) is 7.96. The fourth-order valence-electron chi connectivity index (χ4n) is 9.16. The maximum absolute atomic E-state index is 13.3. The molecule has 1 unspecified atom stereocenters. The maximum Gasteiger partial charge on any atom is 0.317 e. The minimum absolute atomic E-state index is 0.0103. The summed E-state index contributed by atoms with van der Waals surface area (Å²) in [5.74, 6) is 5.76. The molecule has 3 aromatic carbocycles. The number of piperidine rings is 2. The van der Waals surface area contributed by atoms with E-state index in [2.05, 4.69) is 57.8 Å². The number of rotatable bonds is 11. The van der Waals surface area contributed by atoms with Crippen molar-refractivity contribution in [2.24, 2.45) is 5.73 Å². The number of urea groups is 1. The molecule has 0 radical (unpaired) electrons. The quantitative estimate of drug-likeness (QED) is 0.108. The molecule has 5 aliphatic heterocycles. The van der Waals surface area contributed by atoms with Crippen LogP contribution in [0.25, 0.3) is 0 Å². The smallest absolute Gasteiger partial charge is 0.317 e. The van der Waals surface area contributed by atoms with Gasteiger partial charge in [-0.05, 0) is 79.4 Å². The Morgan fingerprint density at radius 3 is 2.43 bits per heavy atom. The molecule has 17 nitrogen and oxygen atoms in total. The molecule has 65 heavy (non-hydrogen) atoms. The number of aromatic nitrogens is 2. The zero-order valence-corrected chi connectivity index (χ0v) is 36.6. The topological polar surface area (TPSA) is 201 Å². The molecule has 4 aromatic rings. The highest BCUT2D eigenvalue weighted by atomic mass is 35.5. The molecule has 6 amide bonds. The first-order chi connectivity index (χ1) is 31.5. The summed E-state index contributed by atoms with van der Waals surface area (Å²) in [6.07, 6.45) is 4.69. The molecule has 0 saturated carbocycles. The van der Waals surface area contributed by atoms with Crippen LogP contribution in [0.1, 0.15) is 63.9 Å². The Kier molecular flexibility index (Phi) is 12.8. The van der Waals surface area contributed by atoms with Crippen molar-refractivity contribution in [2.75, 3.05) is 74.4 Å². The number of hydrogen-bond acceptors (Lipinski definition) is 12. The van der Waals surface area contributed by atoms with E-state index in [-0.39, 0.29) is 35.3 Å². The number of carbonyl (C=O) groups excluding carboxylic acids is 5. The summed E-state index contributed by atoms with van der Waals surface area (Å²) >= 11 is 6.36. The minimum atomic E-state index is -0.624. The van der Waals surface area contributed by atoms with Gasteiger partial charge in [-0.15, -0.1) is 0 Å². The number of benzene rings is 3. The van der Waals surface area contributed by atoms with Crippen molar-refractivity contribution in [3.63, 3.8) is 0 Å². The Bertz CT molecular complexity index is 2540. The molecule has 0 spiro atoms. The van der Waals surface area contributed by atoms with Crippen molar-refractivity contribution in [3.8, 4) is 11.8 Å². The molecule has 9 rings (SSSR count). The van der Waals surface area contributed by atoms with Crippen molar-refractivity contribution in [1.82, 2.24) is 40.2 Å². The highest BCUT2D eigenvalue weighted by Crippen LogP contribution is 2.30. The van der Waals surface area contributed by atoms with E-state index in [1.807, 2.05) is 41.3 Å². The molecule has 5 aliphatic rings. The van der Waals surface area contributed by atoms with E-state index in [4.69, 9.17) is 17.3 Å². The highest BCUT2D eigenvalue weighted by molar-refractivity contribution is 6.33. The highest BCUT2D eigenvalue weighted by Gasteiger charge is 2.39. The molecule has 4 fully saturated rings. The van der Waals surface area contributed by atoms with Crippen LogP contribution in [0.3, 0.4) is 0 Å².